The standard InChI is InChI=1S/C12H16N4O.ClH/c17-11-14-12(6-8-13-9-7-12)15-16(11)10-4-2-1-3-5-10;/h1-5,13,15H,6-9H2,(H,14,17);1H. The van der Waals surface area contributed by atoms with Gasteiger partial charge in [-0.2, -0.15) is 0 Å². The lowest BCUT2D eigenvalue weighted by Gasteiger charge is -2.33. The summed E-state index contributed by atoms with van der Waals surface area (Å²) in [7, 11) is 0. The average molecular weight is 269 g/mol. The molecule has 98 valence electrons. The highest BCUT2D eigenvalue weighted by Gasteiger charge is 2.43. The number of nitrogens with one attached hydrogen (secondary N) is 3. The third-order valence-corrected chi connectivity index (χ3v) is 3.35. The van der Waals surface area contributed by atoms with Gasteiger partial charge in [0.05, 0.1) is 5.69 Å². The third kappa shape index (κ3) is 2.29. The van der Waals surface area contributed by atoms with E-state index in [4.69, 9.17) is 0 Å². The molecule has 2 fully saturated rings. The van der Waals surface area contributed by atoms with Gasteiger partial charge < -0.3 is 10.6 Å². The fourth-order valence-corrected chi connectivity index (χ4v) is 2.40. The van der Waals surface area contributed by atoms with Crippen molar-refractivity contribution in [1.29, 1.82) is 0 Å². The zero-order valence-corrected chi connectivity index (χ0v) is 10.8. The van der Waals surface area contributed by atoms with Crippen molar-refractivity contribution in [2.24, 2.45) is 0 Å². The molecule has 0 atom stereocenters. The van der Waals surface area contributed by atoms with Crippen LogP contribution in [0.2, 0.25) is 0 Å². The van der Waals surface area contributed by atoms with Crippen LogP contribution in [0.4, 0.5) is 10.5 Å². The molecule has 2 saturated heterocycles. The maximum atomic E-state index is 12.0. The summed E-state index contributed by atoms with van der Waals surface area (Å²) in [6.45, 7) is 1.85. The largest absolute Gasteiger partial charge is 0.338 e. The summed E-state index contributed by atoms with van der Waals surface area (Å²) in [6, 6.07) is 9.57. The lowest BCUT2D eigenvalue weighted by atomic mass is 10.00. The first-order valence-electron chi connectivity index (χ1n) is 5.95. The maximum absolute atomic E-state index is 12.0. The molecule has 0 bridgehead atoms. The van der Waals surface area contributed by atoms with Crippen LogP contribution < -0.4 is 21.1 Å². The fraction of sp³-hybridized carbons (Fsp3) is 0.417. The van der Waals surface area contributed by atoms with Gasteiger partial charge in [0.25, 0.3) is 0 Å². The van der Waals surface area contributed by atoms with Crippen molar-refractivity contribution in [3.63, 3.8) is 0 Å². The molecule has 2 aliphatic heterocycles. The molecular formula is C12H17ClN4O. The van der Waals surface area contributed by atoms with Gasteiger partial charge in [0.2, 0.25) is 0 Å². The maximum Gasteiger partial charge on any atom is 0.338 e. The number of piperidine rings is 1. The summed E-state index contributed by atoms with van der Waals surface area (Å²) in [5.41, 5.74) is 3.91. The number of para-hydroxylation sites is 1. The number of amides is 2. The van der Waals surface area contributed by atoms with Crippen molar-refractivity contribution in [2.45, 2.75) is 18.5 Å². The molecule has 0 radical (unpaired) electrons. The predicted octanol–water partition coefficient (Wildman–Crippen LogP) is 1.22. The van der Waals surface area contributed by atoms with E-state index in [0.29, 0.717) is 0 Å². The van der Waals surface area contributed by atoms with Crippen LogP contribution in [0.3, 0.4) is 0 Å². The van der Waals surface area contributed by atoms with Crippen LogP contribution in [0.15, 0.2) is 30.3 Å². The second kappa shape index (κ2) is 5.14. The quantitative estimate of drug-likeness (QED) is 0.718. The Morgan fingerprint density at radius 2 is 1.78 bits per heavy atom. The molecule has 5 nitrogen and oxygen atoms in total. The van der Waals surface area contributed by atoms with Crippen molar-refractivity contribution in [2.75, 3.05) is 18.1 Å². The van der Waals surface area contributed by atoms with E-state index in [2.05, 4.69) is 16.1 Å². The molecule has 1 aromatic rings. The van der Waals surface area contributed by atoms with E-state index in [1.807, 2.05) is 30.3 Å². The minimum atomic E-state index is -0.266. The molecule has 18 heavy (non-hydrogen) atoms. The first-order chi connectivity index (χ1) is 8.29. The molecule has 3 rings (SSSR count). The van der Waals surface area contributed by atoms with Crippen molar-refractivity contribution in [3.8, 4) is 0 Å². The van der Waals surface area contributed by atoms with Gasteiger partial charge in [0, 0.05) is 0 Å². The second-order valence-corrected chi connectivity index (χ2v) is 4.55. The van der Waals surface area contributed by atoms with Gasteiger partial charge in [-0.1, -0.05) is 18.2 Å². The van der Waals surface area contributed by atoms with Crippen LogP contribution in [0, 0.1) is 0 Å². The number of carbonyl (C=O) groups is 1. The van der Waals surface area contributed by atoms with Crippen molar-refractivity contribution in [3.05, 3.63) is 30.3 Å². The van der Waals surface area contributed by atoms with Crippen molar-refractivity contribution < 1.29 is 4.79 Å². The fourth-order valence-electron chi connectivity index (χ4n) is 2.40. The van der Waals surface area contributed by atoms with E-state index in [9.17, 15) is 4.79 Å². The Labute approximate surface area is 112 Å². The van der Waals surface area contributed by atoms with E-state index in [0.717, 1.165) is 31.6 Å². The summed E-state index contributed by atoms with van der Waals surface area (Å²) >= 11 is 0. The van der Waals surface area contributed by atoms with Crippen molar-refractivity contribution in [1.82, 2.24) is 16.1 Å². The van der Waals surface area contributed by atoms with Crippen LogP contribution in [0.25, 0.3) is 0 Å². The molecule has 0 unspecified atom stereocenters. The van der Waals surface area contributed by atoms with Crippen LogP contribution in [-0.2, 0) is 0 Å². The van der Waals surface area contributed by atoms with Crippen LogP contribution in [-0.4, -0.2) is 24.8 Å². The van der Waals surface area contributed by atoms with Gasteiger partial charge >= 0.3 is 6.03 Å². The van der Waals surface area contributed by atoms with Gasteiger partial charge in [-0.05, 0) is 38.1 Å². The Balaban J connectivity index is 0.00000120. The Morgan fingerprint density at radius 3 is 2.44 bits per heavy atom. The number of benzene rings is 1. The number of halogens is 1. The Hall–Kier alpha value is -1.30. The highest BCUT2D eigenvalue weighted by molar-refractivity contribution is 5.93. The monoisotopic (exact) mass is 268 g/mol. The number of hydrazine groups is 1. The molecule has 2 amide bonds. The number of carbonyl (C=O) groups excluding carboxylic acids is 1. The Morgan fingerprint density at radius 1 is 1.11 bits per heavy atom. The summed E-state index contributed by atoms with van der Waals surface area (Å²) < 4.78 is 0. The van der Waals surface area contributed by atoms with Crippen LogP contribution in [0.1, 0.15) is 12.8 Å². The molecule has 0 aliphatic carbocycles. The number of rotatable bonds is 1. The topological polar surface area (TPSA) is 56.4 Å². The molecule has 1 spiro atoms. The van der Waals surface area contributed by atoms with Gasteiger partial charge in [-0.15, -0.1) is 12.4 Å². The number of nitrogens with zero attached hydrogens (tertiary/aromatic N) is 1. The Bertz CT molecular complexity index is 419. The molecule has 0 aromatic heterocycles. The van der Waals surface area contributed by atoms with Crippen LogP contribution >= 0.6 is 12.4 Å². The number of hydrogen-bond acceptors (Lipinski definition) is 3. The van der Waals surface area contributed by atoms with E-state index in [1.54, 1.807) is 5.01 Å². The lowest BCUT2D eigenvalue weighted by molar-refractivity contribution is 0.229. The molecule has 2 heterocycles. The lowest BCUT2D eigenvalue weighted by Crippen LogP contribution is -2.57. The summed E-state index contributed by atoms with van der Waals surface area (Å²) in [4.78, 5) is 12.0. The number of urea groups is 1. The number of anilines is 1. The zero-order chi connectivity index (χ0) is 11.7. The first-order valence-corrected chi connectivity index (χ1v) is 5.95. The second-order valence-electron chi connectivity index (χ2n) is 4.55. The van der Waals surface area contributed by atoms with E-state index in [1.165, 1.54) is 0 Å². The molecule has 3 N–H and O–H groups in total. The summed E-state index contributed by atoms with van der Waals surface area (Å²) in [6.07, 6.45) is 1.81. The number of hydrogen-bond donors (Lipinski definition) is 3. The first kappa shape index (κ1) is 13.1. The van der Waals surface area contributed by atoms with E-state index < -0.39 is 0 Å². The minimum absolute atomic E-state index is 0. The highest BCUT2D eigenvalue weighted by Crippen LogP contribution is 2.24. The molecule has 1 aromatic carbocycles. The molecule has 6 heteroatoms. The zero-order valence-electron chi connectivity index (χ0n) is 9.98. The smallest absolute Gasteiger partial charge is 0.317 e. The highest BCUT2D eigenvalue weighted by atomic mass is 35.5. The summed E-state index contributed by atoms with van der Waals surface area (Å²) in [5, 5.41) is 7.95. The van der Waals surface area contributed by atoms with Crippen molar-refractivity contribution >= 4 is 24.1 Å². The van der Waals surface area contributed by atoms with Gasteiger partial charge in [-0.3, -0.25) is 0 Å². The molecule has 0 saturated carbocycles. The van der Waals surface area contributed by atoms with Gasteiger partial charge in [-0.25, -0.2) is 15.2 Å². The summed E-state index contributed by atoms with van der Waals surface area (Å²) in [5.74, 6) is 0. The van der Waals surface area contributed by atoms with Crippen LogP contribution in [0.5, 0.6) is 0 Å². The normalized spacial score (nSPS) is 21.6. The van der Waals surface area contributed by atoms with E-state index in [-0.39, 0.29) is 24.1 Å². The third-order valence-electron chi connectivity index (χ3n) is 3.35. The SMILES string of the molecule is Cl.O=C1NC2(CCNCC2)NN1c1ccccc1. The van der Waals surface area contributed by atoms with Gasteiger partial charge in [0.15, 0.2) is 0 Å². The average Bonchev–Trinajstić information content (AvgIpc) is 2.68. The minimum Gasteiger partial charge on any atom is -0.317 e. The Kier molecular flexibility index (Phi) is 3.75. The van der Waals surface area contributed by atoms with E-state index >= 15 is 0 Å². The molecule has 2 aliphatic rings. The van der Waals surface area contributed by atoms with Gasteiger partial charge in [0.1, 0.15) is 5.66 Å². The molecular weight excluding hydrogens is 252 g/mol. The predicted molar refractivity (Wildman–Crippen MR) is 72.7 cm³/mol.